The first-order chi connectivity index (χ1) is 12.6. The highest BCUT2D eigenvalue weighted by Gasteiger charge is 2.24. The number of fused-ring (bicyclic) bond motifs is 1. The highest BCUT2D eigenvalue weighted by atomic mass is 79.9. The van der Waals surface area contributed by atoms with Crippen LogP contribution in [0.15, 0.2) is 63.9 Å². The quantitative estimate of drug-likeness (QED) is 0.411. The van der Waals surface area contributed by atoms with Crippen LogP contribution in [0.4, 0.5) is 5.13 Å². The highest BCUT2D eigenvalue weighted by Crippen LogP contribution is 2.32. The van der Waals surface area contributed by atoms with Gasteiger partial charge in [0, 0.05) is 17.4 Å². The zero-order valence-electron chi connectivity index (χ0n) is 13.2. The number of hydrogen-bond acceptors (Lipinski definition) is 5. The first-order valence-corrected chi connectivity index (χ1v) is 9.61. The van der Waals surface area contributed by atoms with Gasteiger partial charge in [0.05, 0.1) is 16.8 Å². The molecule has 0 unspecified atom stereocenters. The van der Waals surface area contributed by atoms with Crippen molar-refractivity contribution < 1.29 is 9.21 Å². The lowest BCUT2D eigenvalue weighted by Crippen LogP contribution is -2.30. The number of thiazole rings is 1. The Labute approximate surface area is 166 Å². The molecule has 0 N–H and O–H groups in total. The number of halogens is 2. The number of furan rings is 1. The predicted octanol–water partition coefficient (Wildman–Crippen LogP) is 5.55. The molecule has 4 aromatic rings. The van der Waals surface area contributed by atoms with Crippen LogP contribution in [0, 0.1) is 0 Å². The second kappa shape index (κ2) is 7.19. The highest BCUT2D eigenvalue weighted by molar-refractivity contribution is 9.10. The third kappa shape index (κ3) is 3.51. The smallest absolute Gasteiger partial charge is 0.296 e. The zero-order valence-corrected chi connectivity index (χ0v) is 16.4. The van der Waals surface area contributed by atoms with E-state index in [1.54, 1.807) is 35.5 Å². The molecule has 26 heavy (non-hydrogen) atoms. The van der Waals surface area contributed by atoms with E-state index >= 15 is 0 Å². The third-order valence-corrected chi connectivity index (χ3v) is 5.37. The molecule has 0 atom stereocenters. The van der Waals surface area contributed by atoms with E-state index in [1.807, 2.05) is 24.3 Å². The molecule has 8 heteroatoms. The van der Waals surface area contributed by atoms with Crippen molar-refractivity contribution in [3.63, 3.8) is 0 Å². The Morgan fingerprint density at radius 1 is 1.27 bits per heavy atom. The van der Waals surface area contributed by atoms with Crippen molar-refractivity contribution in [3.8, 4) is 0 Å². The summed E-state index contributed by atoms with van der Waals surface area (Å²) in [4.78, 5) is 23.3. The van der Waals surface area contributed by atoms with Crippen LogP contribution in [0.1, 0.15) is 16.1 Å². The Hall–Kier alpha value is -2.22. The second-order valence-electron chi connectivity index (χ2n) is 5.46. The SMILES string of the molecule is O=C(c1ccc(Br)o1)N(Cc1cccnc1)c1nc2ccc(Cl)cc2s1. The van der Waals surface area contributed by atoms with Gasteiger partial charge >= 0.3 is 0 Å². The van der Waals surface area contributed by atoms with E-state index in [1.165, 1.54) is 11.3 Å². The van der Waals surface area contributed by atoms with Crippen LogP contribution < -0.4 is 4.90 Å². The Balaban J connectivity index is 1.76. The standard InChI is InChI=1S/C18H11BrClN3O2S/c19-16-6-5-14(25-16)17(24)23(10-11-2-1-7-21-9-11)18-22-13-4-3-12(20)8-15(13)26-18/h1-9H,10H2. The van der Waals surface area contributed by atoms with Crippen molar-refractivity contribution in [2.24, 2.45) is 0 Å². The Morgan fingerprint density at radius 2 is 2.15 bits per heavy atom. The Kier molecular flexibility index (Phi) is 4.76. The van der Waals surface area contributed by atoms with Crippen LogP contribution in [0.5, 0.6) is 0 Å². The lowest BCUT2D eigenvalue weighted by molar-refractivity contribution is 0.0957. The van der Waals surface area contributed by atoms with Crippen LogP contribution in [0.2, 0.25) is 5.02 Å². The molecular weight excluding hydrogens is 438 g/mol. The van der Waals surface area contributed by atoms with Crippen molar-refractivity contribution >= 4 is 60.1 Å². The van der Waals surface area contributed by atoms with E-state index in [0.717, 1.165) is 15.8 Å². The molecule has 0 saturated heterocycles. The molecule has 0 bridgehead atoms. The van der Waals surface area contributed by atoms with Gasteiger partial charge in [-0.15, -0.1) is 0 Å². The van der Waals surface area contributed by atoms with Crippen molar-refractivity contribution in [1.82, 2.24) is 9.97 Å². The van der Waals surface area contributed by atoms with Gasteiger partial charge in [0.1, 0.15) is 0 Å². The van der Waals surface area contributed by atoms with Crippen molar-refractivity contribution in [3.05, 3.63) is 75.9 Å². The van der Waals surface area contributed by atoms with E-state index in [0.29, 0.717) is 21.4 Å². The summed E-state index contributed by atoms with van der Waals surface area (Å²) >= 11 is 10.7. The number of rotatable bonds is 4. The number of carbonyl (C=O) groups is 1. The molecular formula is C18H11BrClN3O2S. The molecule has 5 nitrogen and oxygen atoms in total. The van der Waals surface area contributed by atoms with Gasteiger partial charge in [0.15, 0.2) is 15.6 Å². The Morgan fingerprint density at radius 3 is 2.88 bits per heavy atom. The summed E-state index contributed by atoms with van der Waals surface area (Å²) in [6.45, 7) is 0.332. The van der Waals surface area contributed by atoms with Crippen molar-refractivity contribution in [2.45, 2.75) is 6.54 Å². The minimum Gasteiger partial charge on any atom is -0.444 e. The monoisotopic (exact) mass is 447 g/mol. The average molecular weight is 449 g/mol. The fourth-order valence-corrected chi connectivity index (χ4v) is 4.01. The number of nitrogens with zero attached hydrogens (tertiary/aromatic N) is 3. The van der Waals surface area contributed by atoms with Crippen molar-refractivity contribution in [1.29, 1.82) is 0 Å². The summed E-state index contributed by atoms with van der Waals surface area (Å²) in [5.74, 6) is -0.0391. The maximum atomic E-state index is 13.0. The van der Waals surface area contributed by atoms with E-state index in [9.17, 15) is 4.79 Å². The first-order valence-electron chi connectivity index (χ1n) is 7.62. The van der Waals surface area contributed by atoms with Crippen LogP contribution >= 0.6 is 38.9 Å². The normalized spacial score (nSPS) is 11.0. The van der Waals surface area contributed by atoms with Gasteiger partial charge in [0.25, 0.3) is 5.91 Å². The minimum atomic E-state index is -0.273. The largest absolute Gasteiger partial charge is 0.444 e. The molecule has 4 rings (SSSR count). The molecule has 1 amide bonds. The maximum Gasteiger partial charge on any atom is 0.296 e. The van der Waals surface area contributed by atoms with Gasteiger partial charge in [-0.2, -0.15) is 0 Å². The fourth-order valence-electron chi connectivity index (χ4n) is 2.46. The summed E-state index contributed by atoms with van der Waals surface area (Å²) < 4.78 is 6.86. The number of aromatic nitrogens is 2. The van der Waals surface area contributed by atoms with E-state index < -0.39 is 0 Å². The molecule has 0 aliphatic heterocycles. The molecule has 0 radical (unpaired) electrons. The van der Waals surface area contributed by atoms with Crippen molar-refractivity contribution in [2.75, 3.05) is 4.90 Å². The number of benzene rings is 1. The van der Waals surface area contributed by atoms with Gasteiger partial charge in [-0.1, -0.05) is 29.0 Å². The number of hydrogen-bond donors (Lipinski definition) is 0. The number of anilines is 1. The summed E-state index contributed by atoms with van der Waals surface area (Å²) in [6, 6.07) is 12.5. The topological polar surface area (TPSA) is 59.2 Å². The van der Waals surface area contributed by atoms with Gasteiger partial charge in [-0.25, -0.2) is 4.98 Å². The first kappa shape index (κ1) is 17.2. The van der Waals surface area contributed by atoms with Crippen LogP contribution in [-0.2, 0) is 6.54 Å². The number of carbonyl (C=O) groups excluding carboxylic acids is 1. The van der Waals surface area contributed by atoms with Gasteiger partial charge in [0.2, 0.25) is 0 Å². The predicted molar refractivity (Wildman–Crippen MR) is 106 cm³/mol. The summed E-state index contributed by atoms with van der Waals surface area (Å²) in [5, 5.41) is 1.21. The zero-order chi connectivity index (χ0) is 18.1. The molecule has 0 saturated carbocycles. The lowest BCUT2D eigenvalue weighted by atomic mass is 10.2. The maximum absolute atomic E-state index is 13.0. The average Bonchev–Trinajstić information content (AvgIpc) is 3.25. The van der Waals surface area contributed by atoms with Gasteiger partial charge in [-0.05, 0) is 57.9 Å². The minimum absolute atomic E-state index is 0.234. The van der Waals surface area contributed by atoms with Crippen LogP contribution in [0.3, 0.4) is 0 Å². The van der Waals surface area contributed by atoms with Crippen LogP contribution in [-0.4, -0.2) is 15.9 Å². The van der Waals surface area contributed by atoms with E-state index in [2.05, 4.69) is 25.9 Å². The third-order valence-electron chi connectivity index (χ3n) is 3.66. The summed E-state index contributed by atoms with van der Waals surface area (Å²) in [6.07, 6.45) is 3.42. The molecule has 0 spiro atoms. The number of pyridine rings is 1. The second-order valence-corrected chi connectivity index (χ2v) is 7.69. The van der Waals surface area contributed by atoms with Crippen LogP contribution in [0.25, 0.3) is 10.2 Å². The molecule has 1 aromatic carbocycles. The van der Waals surface area contributed by atoms with E-state index in [-0.39, 0.29) is 11.7 Å². The molecule has 3 heterocycles. The lowest BCUT2D eigenvalue weighted by Gasteiger charge is -2.18. The summed E-state index contributed by atoms with van der Waals surface area (Å²) in [5.41, 5.74) is 1.68. The molecule has 0 fully saturated rings. The molecule has 3 aromatic heterocycles. The Bertz CT molecular complexity index is 1080. The molecule has 130 valence electrons. The number of amides is 1. The van der Waals surface area contributed by atoms with Gasteiger partial charge in [-0.3, -0.25) is 14.7 Å². The fraction of sp³-hybridized carbons (Fsp3) is 0.0556. The molecule has 0 aliphatic rings. The molecule has 0 aliphatic carbocycles. The van der Waals surface area contributed by atoms with Gasteiger partial charge < -0.3 is 4.42 Å². The van der Waals surface area contributed by atoms with E-state index in [4.69, 9.17) is 16.0 Å². The summed E-state index contributed by atoms with van der Waals surface area (Å²) in [7, 11) is 0.